The van der Waals surface area contributed by atoms with Crippen molar-refractivity contribution >= 4 is 0 Å². The van der Waals surface area contributed by atoms with Gasteiger partial charge in [-0.3, -0.25) is 0 Å². The molecule has 1 aliphatic carbocycles. The molecular formula is C13H28N2O. The Hall–Kier alpha value is -0.120. The third-order valence-corrected chi connectivity index (χ3v) is 3.96. The first-order valence-electron chi connectivity index (χ1n) is 6.78. The van der Waals surface area contributed by atoms with Crippen molar-refractivity contribution in [2.24, 2.45) is 11.7 Å². The molecule has 1 fully saturated rings. The van der Waals surface area contributed by atoms with Gasteiger partial charge in [-0.05, 0) is 57.4 Å². The minimum absolute atomic E-state index is 0.214. The first-order chi connectivity index (χ1) is 7.72. The van der Waals surface area contributed by atoms with Crippen molar-refractivity contribution in [3.05, 3.63) is 0 Å². The highest BCUT2D eigenvalue weighted by molar-refractivity contribution is 4.92. The number of nitrogens with two attached hydrogens (primary N) is 1. The lowest BCUT2D eigenvalue weighted by atomic mass is 9.77. The van der Waals surface area contributed by atoms with Crippen LogP contribution in [0.5, 0.6) is 0 Å². The van der Waals surface area contributed by atoms with Gasteiger partial charge in [0.1, 0.15) is 0 Å². The van der Waals surface area contributed by atoms with Gasteiger partial charge in [0.05, 0.1) is 0 Å². The van der Waals surface area contributed by atoms with E-state index < -0.39 is 0 Å². The fourth-order valence-electron chi connectivity index (χ4n) is 2.53. The summed E-state index contributed by atoms with van der Waals surface area (Å²) in [4.78, 5) is 0. The fraction of sp³-hybridized carbons (Fsp3) is 1.00. The van der Waals surface area contributed by atoms with Gasteiger partial charge in [0.2, 0.25) is 0 Å². The minimum atomic E-state index is 0.214. The minimum Gasteiger partial charge on any atom is -0.396 e. The number of aliphatic hydroxyl groups excluding tert-OH is 1. The van der Waals surface area contributed by atoms with Gasteiger partial charge in [0, 0.05) is 18.7 Å². The van der Waals surface area contributed by atoms with Gasteiger partial charge in [-0.2, -0.15) is 0 Å². The van der Waals surface area contributed by atoms with Crippen LogP contribution in [0, 0.1) is 5.92 Å². The number of unbranched alkanes of at least 4 members (excludes halogenated alkanes) is 2. The maximum Gasteiger partial charge on any atom is 0.0431 e. The van der Waals surface area contributed by atoms with Crippen LogP contribution >= 0.6 is 0 Å². The first-order valence-corrected chi connectivity index (χ1v) is 6.78. The van der Waals surface area contributed by atoms with Gasteiger partial charge in [0.25, 0.3) is 0 Å². The molecule has 0 aromatic carbocycles. The number of aliphatic hydroxyl groups is 1. The van der Waals surface area contributed by atoms with E-state index in [4.69, 9.17) is 10.8 Å². The summed E-state index contributed by atoms with van der Waals surface area (Å²) in [6.45, 7) is 4.46. The van der Waals surface area contributed by atoms with E-state index in [0.29, 0.717) is 6.61 Å². The van der Waals surface area contributed by atoms with Crippen LogP contribution in [0.2, 0.25) is 0 Å². The highest BCUT2D eigenvalue weighted by Crippen LogP contribution is 2.31. The Balaban J connectivity index is 2.20. The summed E-state index contributed by atoms with van der Waals surface area (Å²) in [7, 11) is 0. The normalized spacial score (nSPS) is 30.6. The lowest BCUT2D eigenvalue weighted by Gasteiger charge is -2.39. The van der Waals surface area contributed by atoms with Crippen molar-refractivity contribution in [3.63, 3.8) is 0 Å². The van der Waals surface area contributed by atoms with Crippen molar-refractivity contribution in [2.75, 3.05) is 19.7 Å². The average Bonchev–Trinajstić information content (AvgIpc) is 2.32. The maximum absolute atomic E-state index is 8.70. The number of hydrogen-bond acceptors (Lipinski definition) is 3. The molecule has 0 bridgehead atoms. The van der Waals surface area contributed by atoms with Crippen molar-refractivity contribution in [1.29, 1.82) is 0 Å². The Labute approximate surface area is 99.8 Å². The van der Waals surface area contributed by atoms with Crippen molar-refractivity contribution in [3.8, 4) is 0 Å². The number of nitrogens with one attached hydrogen (secondary N) is 1. The highest BCUT2D eigenvalue weighted by Gasteiger charge is 2.31. The maximum atomic E-state index is 8.70. The molecule has 0 unspecified atom stereocenters. The van der Waals surface area contributed by atoms with Crippen LogP contribution in [0.1, 0.15) is 51.9 Å². The third kappa shape index (κ3) is 4.40. The lowest BCUT2D eigenvalue weighted by molar-refractivity contribution is 0.200. The van der Waals surface area contributed by atoms with E-state index in [-0.39, 0.29) is 5.54 Å². The predicted molar refractivity (Wildman–Crippen MR) is 68.4 cm³/mol. The monoisotopic (exact) mass is 228 g/mol. The Kier molecular flexibility index (Phi) is 6.32. The quantitative estimate of drug-likeness (QED) is 0.581. The largest absolute Gasteiger partial charge is 0.396 e. The van der Waals surface area contributed by atoms with Crippen molar-refractivity contribution in [1.82, 2.24) is 5.32 Å². The van der Waals surface area contributed by atoms with Crippen LogP contribution in [0.3, 0.4) is 0 Å². The molecule has 0 spiro atoms. The molecule has 4 N–H and O–H groups in total. The van der Waals surface area contributed by atoms with E-state index in [1.54, 1.807) is 0 Å². The molecule has 1 rings (SSSR count). The molecule has 96 valence electrons. The van der Waals surface area contributed by atoms with Gasteiger partial charge >= 0.3 is 0 Å². The molecule has 3 heteroatoms. The molecule has 0 aliphatic heterocycles. The van der Waals surface area contributed by atoms with E-state index in [9.17, 15) is 0 Å². The Morgan fingerprint density at radius 2 is 1.94 bits per heavy atom. The van der Waals surface area contributed by atoms with Crippen LogP contribution in [0.4, 0.5) is 0 Å². The summed E-state index contributed by atoms with van der Waals surface area (Å²) in [5.41, 5.74) is 6.14. The van der Waals surface area contributed by atoms with Gasteiger partial charge in [-0.25, -0.2) is 0 Å². The Morgan fingerprint density at radius 3 is 2.50 bits per heavy atom. The Morgan fingerprint density at radius 1 is 1.25 bits per heavy atom. The second-order valence-electron chi connectivity index (χ2n) is 5.38. The zero-order valence-corrected chi connectivity index (χ0v) is 10.7. The van der Waals surface area contributed by atoms with Crippen LogP contribution < -0.4 is 11.1 Å². The topological polar surface area (TPSA) is 58.3 Å². The number of hydrogen-bond donors (Lipinski definition) is 3. The standard InChI is InChI=1S/C13H28N2O/c1-12-5-7-13(11-14,8-6-12)15-9-3-2-4-10-16/h12,15-16H,2-11,14H2,1H3. The molecule has 1 aliphatic rings. The van der Waals surface area contributed by atoms with Crippen LogP contribution in [0.25, 0.3) is 0 Å². The molecular weight excluding hydrogens is 200 g/mol. The molecule has 0 heterocycles. The number of rotatable bonds is 7. The van der Waals surface area contributed by atoms with Crippen molar-refractivity contribution in [2.45, 2.75) is 57.4 Å². The summed E-state index contributed by atoms with van der Waals surface area (Å²) in [6.07, 6.45) is 8.25. The van der Waals surface area contributed by atoms with E-state index in [0.717, 1.165) is 38.3 Å². The van der Waals surface area contributed by atoms with Gasteiger partial charge < -0.3 is 16.2 Å². The van der Waals surface area contributed by atoms with Gasteiger partial charge in [-0.1, -0.05) is 6.92 Å². The van der Waals surface area contributed by atoms with Crippen LogP contribution in [0.15, 0.2) is 0 Å². The van der Waals surface area contributed by atoms with E-state index in [2.05, 4.69) is 12.2 Å². The summed E-state index contributed by atoms with van der Waals surface area (Å²) in [6, 6.07) is 0. The molecule has 0 atom stereocenters. The zero-order chi connectivity index (χ0) is 11.9. The van der Waals surface area contributed by atoms with Gasteiger partial charge in [-0.15, -0.1) is 0 Å². The SMILES string of the molecule is CC1CCC(CN)(NCCCCCO)CC1. The Bertz CT molecular complexity index is 177. The predicted octanol–water partition coefficient (Wildman–Crippen LogP) is 1.65. The van der Waals surface area contributed by atoms with E-state index in [1.807, 2.05) is 0 Å². The zero-order valence-electron chi connectivity index (χ0n) is 10.7. The first kappa shape index (κ1) is 13.9. The van der Waals surface area contributed by atoms with Crippen molar-refractivity contribution < 1.29 is 5.11 Å². The third-order valence-electron chi connectivity index (χ3n) is 3.96. The average molecular weight is 228 g/mol. The molecule has 1 saturated carbocycles. The van der Waals surface area contributed by atoms with E-state index in [1.165, 1.54) is 25.7 Å². The lowest BCUT2D eigenvalue weighted by Crippen LogP contribution is -2.53. The second-order valence-corrected chi connectivity index (χ2v) is 5.38. The molecule has 0 saturated heterocycles. The van der Waals surface area contributed by atoms with Gasteiger partial charge in [0.15, 0.2) is 0 Å². The molecule has 0 aromatic heterocycles. The molecule has 3 nitrogen and oxygen atoms in total. The van der Waals surface area contributed by atoms with E-state index >= 15 is 0 Å². The summed E-state index contributed by atoms with van der Waals surface area (Å²) in [5, 5.41) is 12.4. The second kappa shape index (κ2) is 7.25. The smallest absolute Gasteiger partial charge is 0.0431 e. The van der Waals surface area contributed by atoms with Crippen LogP contribution in [-0.4, -0.2) is 30.3 Å². The molecule has 0 aromatic rings. The summed E-state index contributed by atoms with van der Waals surface area (Å²) < 4.78 is 0. The fourth-order valence-corrected chi connectivity index (χ4v) is 2.53. The summed E-state index contributed by atoms with van der Waals surface area (Å²) in [5.74, 6) is 0.871. The molecule has 0 amide bonds. The summed E-state index contributed by atoms with van der Waals surface area (Å²) >= 11 is 0. The molecule has 16 heavy (non-hydrogen) atoms. The molecule has 0 radical (unpaired) electrons. The van der Waals surface area contributed by atoms with Crippen LogP contribution in [-0.2, 0) is 0 Å². The highest BCUT2D eigenvalue weighted by atomic mass is 16.2.